The van der Waals surface area contributed by atoms with Crippen LogP contribution in [0.5, 0.6) is 0 Å². The minimum Gasteiger partial charge on any atom is -0.463 e. The second-order valence-electron chi connectivity index (χ2n) is 7.51. The van der Waals surface area contributed by atoms with E-state index in [1.807, 2.05) is 39.0 Å². The number of rotatable bonds is 9. The highest BCUT2D eigenvalue weighted by molar-refractivity contribution is 5.81. The zero-order valence-electron chi connectivity index (χ0n) is 15.1. The lowest BCUT2D eigenvalue weighted by Gasteiger charge is -2.32. The molecule has 1 rings (SSSR count). The summed E-state index contributed by atoms with van der Waals surface area (Å²) in [5.41, 5.74) is -1.17. The predicted octanol–water partition coefficient (Wildman–Crippen LogP) is 4.82. The maximum absolute atomic E-state index is 12.6. The normalized spacial score (nSPS) is 14.3. The molecule has 1 aromatic carbocycles. The molecule has 1 atom stereocenters. The van der Waals surface area contributed by atoms with Gasteiger partial charge in [0.25, 0.3) is 0 Å². The molecule has 0 aliphatic rings. The molecule has 1 aromatic rings. The molecule has 3 heteroatoms. The number of hydrogen-bond donors (Lipinski definition) is 1. The molecule has 0 bridgehead atoms. The summed E-state index contributed by atoms with van der Waals surface area (Å²) >= 11 is 0. The van der Waals surface area contributed by atoms with E-state index < -0.39 is 11.6 Å². The quantitative estimate of drug-likeness (QED) is 0.524. The Bertz CT molecular complexity index is 462. The fraction of sp³-hybridized carbons (Fsp3) is 0.650. The summed E-state index contributed by atoms with van der Waals surface area (Å²) in [5, 5.41) is 11.1. The van der Waals surface area contributed by atoms with E-state index in [1.54, 1.807) is 12.1 Å². The molecule has 0 saturated heterocycles. The lowest BCUT2D eigenvalue weighted by Crippen LogP contribution is -2.40. The highest BCUT2D eigenvalue weighted by Gasteiger charge is 2.42. The number of benzene rings is 1. The van der Waals surface area contributed by atoms with Gasteiger partial charge < -0.3 is 9.84 Å². The van der Waals surface area contributed by atoms with Crippen molar-refractivity contribution in [3.05, 3.63) is 35.9 Å². The van der Waals surface area contributed by atoms with Crippen molar-refractivity contribution in [3.63, 3.8) is 0 Å². The van der Waals surface area contributed by atoms with Crippen molar-refractivity contribution in [2.45, 2.75) is 71.8 Å². The Labute approximate surface area is 141 Å². The Morgan fingerprint density at radius 3 is 2.22 bits per heavy atom. The topological polar surface area (TPSA) is 46.5 Å². The van der Waals surface area contributed by atoms with Crippen molar-refractivity contribution in [2.75, 3.05) is 6.61 Å². The van der Waals surface area contributed by atoms with Crippen molar-refractivity contribution in [1.82, 2.24) is 0 Å². The third-order valence-electron chi connectivity index (χ3n) is 3.86. The van der Waals surface area contributed by atoms with E-state index in [4.69, 9.17) is 4.74 Å². The van der Waals surface area contributed by atoms with Gasteiger partial charge >= 0.3 is 5.97 Å². The van der Waals surface area contributed by atoms with Gasteiger partial charge in [0, 0.05) is 0 Å². The SMILES string of the molecule is CCCCCCCOC(=O)C(O)(CC(C)(C)C)c1ccccc1. The number of carbonyl (C=O) groups excluding carboxylic acids is 1. The predicted molar refractivity (Wildman–Crippen MR) is 94.1 cm³/mol. The van der Waals surface area contributed by atoms with Crippen molar-refractivity contribution in [2.24, 2.45) is 5.41 Å². The largest absolute Gasteiger partial charge is 0.463 e. The monoisotopic (exact) mass is 320 g/mol. The molecular weight excluding hydrogens is 288 g/mol. The van der Waals surface area contributed by atoms with Gasteiger partial charge in [-0.3, -0.25) is 0 Å². The Morgan fingerprint density at radius 2 is 1.65 bits per heavy atom. The third-order valence-corrected chi connectivity index (χ3v) is 3.86. The van der Waals surface area contributed by atoms with Crippen LogP contribution in [0.3, 0.4) is 0 Å². The fourth-order valence-corrected chi connectivity index (χ4v) is 2.76. The maximum atomic E-state index is 12.6. The van der Waals surface area contributed by atoms with Crippen LogP contribution in [0, 0.1) is 5.41 Å². The standard InChI is InChI=1S/C20H32O3/c1-5-6-7-8-12-15-23-18(21)20(22,16-19(2,3)4)17-13-10-9-11-14-17/h9-11,13-14,22H,5-8,12,15-16H2,1-4H3. The third kappa shape index (κ3) is 6.74. The van der Waals surface area contributed by atoms with E-state index in [2.05, 4.69) is 6.92 Å². The Balaban J connectivity index is 2.71. The van der Waals surface area contributed by atoms with Crippen LogP contribution in [0.1, 0.15) is 71.8 Å². The van der Waals surface area contributed by atoms with E-state index in [1.165, 1.54) is 19.3 Å². The summed E-state index contributed by atoms with van der Waals surface area (Å²) in [5.74, 6) is -0.533. The van der Waals surface area contributed by atoms with Gasteiger partial charge in [0.05, 0.1) is 6.61 Å². The van der Waals surface area contributed by atoms with E-state index in [0.717, 1.165) is 12.8 Å². The zero-order valence-corrected chi connectivity index (χ0v) is 15.1. The molecule has 0 aromatic heterocycles. The van der Waals surface area contributed by atoms with Gasteiger partial charge in [-0.25, -0.2) is 4.79 Å². The van der Waals surface area contributed by atoms with Crippen molar-refractivity contribution >= 4 is 5.97 Å². The number of hydrogen-bond acceptors (Lipinski definition) is 3. The summed E-state index contributed by atoms with van der Waals surface area (Å²) in [6.45, 7) is 8.59. The van der Waals surface area contributed by atoms with E-state index in [9.17, 15) is 9.90 Å². The van der Waals surface area contributed by atoms with Gasteiger partial charge in [0.15, 0.2) is 5.60 Å². The molecule has 0 radical (unpaired) electrons. The first-order chi connectivity index (χ1) is 10.8. The van der Waals surface area contributed by atoms with E-state index in [-0.39, 0.29) is 5.41 Å². The van der Waals surface area contributed by atoms with Gasteiger partial charge in [-0.2, -0.15) is 0 Å². The van der Waals surface area contributed by atoms with Gasteiger partial charge in [-0.05, 0) is 23.8 Å². The first-order valence-corrected chi connectivity index (χ1v) is 8.75. The second-order valence-corrected chi connectivity index (χ2v) is 7.51. The minimum absolute atomic E-state index is 0.190. The van der Waals surface area contributed by atoms with Crippen LogP contribution in [0.2, 0.25) is 0 Å². The summed E-state index contributed by atoms with van der Waals surface area (Å²) < 4.78 is 5.40. The smallest absolute Gasteiger partial charge is 0.342 e. The van der Waals surface area contributed by atoms with E-state index >= 15 is 0 Å². The Morgan fingerprint density at radius 1 is 1.04 bits per heavy atom. The minimum atomic E-state index is -1.58. The summed E-state index contributed by atoms with van der Waals surface area (Å²) in [7, 11) is 0. The number of unbranched alkanes of at least 4 members (excludes halogenated alkanes) is 4. The zero-order chi connectivity index (χ0) is 17.3. The van der Waals surface area contributed by atoms with Gasteiger partial charge in [0.2, 0.25) is 0 Å². The summed E-state index contributed by atoms with van der Waals surface area (Å²) in [6, 6.07) is 9.12. The number of esters is 1. The average Bonchev–Trinajstić information content (AvgIpc) is 2.49. The molecule has 0 fully saturated rings. The highest BCUT2D eigenvalue weighted by Crippen LogP contribution is 2.35. The molecule has 130 valence electrons. The second kappa shape index (κ2) is 9.07. The molecule has 0 spiro atoms. The molecule has 0 aliphatic heterocycles. The van der Waals surface area contributed by atoms with Crippen LogP contribution < -0.4 is 0 Å². The van der Waals surface area contributed by atoms with Gasteiger partial charge in [0.1, 0.15) is 0 Å². The molecule has 0 saturated carbocycles. The van der Waals surface area contributed by atoms with Gasteiger partial charge in [-0.1, -0.05) is 83.7 Å². The first kappa shape index (κ1) is 19.7. The number of ether oxygens (including phenoxy) is 1. The van der Waals surface area contributed by atoms with Gasteiger partial charge in [-0.15, -0.1) is 0 Å². The molecular formula is C20H32O3. The Kier molecular flexibility index (Phi) is 7.77. The summed E-state index contributed by atoms with van der Waals surface area (Å²) in [6.07, 6.45) is 5.82. The molecule has 23 heavy (non-hydrogen) atoms. The van der Waals surface area contributed by atoms with Crippen LogP contribution in [0.25, 0.3) is 0 Å². The van der Waals surface area contributed by atoms with Crippen molar-refractivity contribution in [3.8, 4) is 0 Å². The highest BCUT2D eigenvalue weighted by atomic mass is 16.5. The van der Waals surface area contributed by atoms with Crippen LogP contribution in [-0.4, -0.2) is 17.7 Å². The molecule has 1 unspecified atom stereocenters. The van der Waals surface area contributed by atoms with Crippen LogP contribution in [0.15, 0.2) is 30.3 Å². The fourth-order valence-electron chi connectivity index (χ4n) is 2.76. The van der Waals surface area contributed by atoms with Crippen molar-refractivity contribution in [1.29, 1.82) is 0 Å². The average molecular weight is 320 g/mol. The van der Waals surface area contributed by atoms with Crippen LogP contribution in [0.4, 0.5) is 0 Å². The number of carbonyl (C=O) groups is 1. The Hall–Kier alpha value is -1.35. The molecule has 1 N–H and O–H groups in total. The lowest BCUT2D eigenvalue weighted by atomic mass is 9.78. The van der Waals surface area contributed by atoms with E-state index in [0.29, 0.717) is 18.6 Å². The molecule has 3 nitrogen and oxygen atoms in total. The first-order valence-electron chi connectivity index (χ1n) is 8.75. The maximum Gasteiger partial charge on any atom is 0.342 e. The van der Waals surface area contributed by atoms with Crippen molar-refractivity contribution < 1.29 is 14.6 Å². The lowest BCUT2D eigenvalue weighted by molar-refractivity contribution is -0.170. The molecule has 0 aliphatic carbocycles. The number of aliphatic hydroxyl groups is 1. The summed E-state index contributed by atoms with van der Waals surface area (Å²) in [4.78, 5) is 12.6. The van der Waals surface area contributed by atoms with Crippen LogP contribution >= 0.6 is 0 Å². The molecule has 0 heterocycles. The van der Waals surface area contributed by atoms with Crippen LogP contribution in [-0.2, 0) is 15.1 Å². The molecule has 0 amide bonds.